The fourth-order valence-corrected chi connectivity index (χ4v) is 2.65. The average molecular weight is 369 g/mol. The number of hydrogen-bond acceptors (Lipinski definition) is 3. The van der Waals surface area contributed by atoms with Gasteiger partial charge in [0.05, 0.1) is 0 Å². The molecule has 2 aromatic carbocycles. The SMILES string of the molecule is CNC(=O)[C@@H](NC(=O)c1ccc(-c2ccc(Cl)cc2)o1)c1ccccc1. The van der Waals surface area contributed by atoms with Gasteiger partial charge in [-0.05, 0) is 42.0 Å². The molecule has 0 unspecified atom stereocenters. The first-order chi connectivity index (χ1) is 12.6. The molecular formula is C20H17ClN2O3. The number of furan rings is 1. The highest BCUT2D eigenvalue weighted by Gasteiger charge is 2.23. The summed E-state index contributed by atoms with van der Waals surface area (Å²) < 4.78 is 5.63. The molecule has 1 heterocycles. The van der Waals surface area contributed by atoms with Crippen LogP contribution in [-0.2, 0) is 4.79 Å². The van der Waals surface area contributed by atoms with Crippen LogP contribution in [0, 0.1) is 0 Å². The summed E-state index contributed by atoms with van der Waals surface area (Å²) in [6.07, 6.45) is 0. The number of likely N-dealkylation sites (N-methyl/N-ethyl adjacent to an activating group) is 1. The largest absolute Gasteiger partial charge is 0.451 e. The number of benzene rings is 2. The van der Waals surface area contributed by atoms with E-state index < -0.39 is 11.9 Å². The number of hydrogen-bond donors (Lipinski definition) is 2. The first kappa shape index (κ1) is 17.8. The number of carbonyl (C=O) groups is 2. The van der Waals surface area contributed by atoms with Crippen LogP contribution < -0.4 is 10.6 Å². The van der Waals surface area contributed by atoms with Crippen LogP contribution in [0.25, 0.3) is 11.3 Å². The van der Waals surface area contributed by atoms with Crippen LogP contribution in [0.4, 0.5) is 0 Å². The van der Waals surface area contributed by atoms with Gasteiger partial charge >= 0.3 is 0 Å². The fraction of sp³-hybridized carbons (Fsp3) is 0.100. The van der Waals surface area contributed by atoms with Crippen molar-refractivity contribution in [2.75, 3.05) is 7.05 Å². The minimum Gasteiger partial charge on any atom is -0.451 e. The Hall–Kier alpha value is -3.05. The first-order valence-electron chi connectivity index (χ1n) is 8.01. The molecule has 2 amide bonds. The van der Waals surface area contributed by atoms with Gasteiger partial charge in [0.15, 0.2) is 5.76 Å². The van der Waals surface area contributed by atoms with Crippen molar-refractivity contribution < 1.29 is 14.0 Å². The maximum absolute atomic E-state index is 12.5. The van der Waals surface area contributed by atoms with E-state index in [-0.39, 0.29) is 11.7 Å². The van der Waals surface area contributed by atoms with Crippen molar-refractivity contribution in [2.45, 2.75) is 6.04 Å². The average Bonchev–Trinajstić information content (AvgIpc) is 3.17. The minimum absolute atomic E-state index is 0.125. The van der Waals surface area contributed by atoms with E-state index in [9.17, 15) is 9.59 Å². The molecule has 2 N–H and O–H groups in total. The fourth-order valence-electron chi connectivity index (χ4n) is 2.52. The van der Waals surface area contributed by atoms with Gasteiger partial charge in [0, 0.05) is 17.6 Å². The lowest BCUT2D eigenvalue weighted by Crippen LogP contribution is -2.38. The van der Waals surface area contributed by atoms with Gasteiger partial charge in [-0.3, -0.25) is 9.59 Å². The molecule has 6 heteroatoms. The van der Waals surface area contributed by atoms with E-state index >= 15 is 0 Å². The van der Waals surface area contributed by atoms with Gasteiger partial charge in [0.2, 0.25) is 5.91 Å². The molecule has 0 aliphatic heterocycles. The molecule has 0 saturated heterocycles. The Balaban J connectivity index is 1.80. The van der Waals surface area contributed by atoms with Gasteiger partial charge in [-0.2, -0.15) is 0 Å². The van der Waals surface area contributed by atoms with E-state index in [1.807, 2.05) is 18.2 Å². The Bertz CT molecular complexity index is 904. The van der Waals surface area contributed by atoms with Gasteiger partial charge in [-0.1, -0.05) is 41.9 Å². The van der Waals surface area contributed by atoms with Crippen molar-refractivity contribution in [3.8, 4) is 11.3 Å². The van der Waals surface area contributed by atoms with Crippen LogP contribution in [0.3, 0.4) is 0 Å². The third-order valence-corrected chi connectivity index (χ3v) is 4.13. The smallest absolute Gasteiger partial charge is 0.287 e. The number of nitrogens with one attached hydrogen (secondary N) is 2. The molecular weight excluding hydrogens is 352 g/mol. The van der Waals surface area contributed by atoms with E-state index in [4.69, 9.17) is 16.0 Å². The Kier molecular flexibility index (Phi) is 5.39. The molecule has 132 valence electrons. The number of amides is 2. The predicted molar refractivity (Wildman–Crippen MR) is 99.9 cm³/mol. The summed E-state index contributed by atoms with van der Waals surface area (Å²) in [7, 11) is 1.52. The van der Waals surface area contributed by atoms with Crippen LogP contribution in [-0.4, -0.2) is 18.9 Å². The standard InChI is InChI=1S/C20H17ClN2O3/c1-22-20(25)18(14-5-3-2-4-6-14)23-19(24)17-12-11-16(26-17)13-7-9-15(21)10-8-13/h2-12,18H,1H3,(H,22,25)(H,23,24)/t18-/m0/s1. The Labute approximate surface area is 156 Å². The van der Waals surface area contributed by atoms with Crippen LogP contribution in [0.2, 0.25) is 5.02 Å². The van der Waals surface area contributed by atoms with Crippen LogP contribution in [0.5, 0.6) is 0 Å². The van der Waals surface area contributed by atoms with Crippen molar-refractivity contribution in [3.05, 3.63) is 83.1 Å². The molecule has 26 heavy (non-hydrogen) atoms. The van der Waals surface area contributed by atoms with Crippen LogP contribution in [0.15, 0.2) is 71.1 Å². The molecule has 1 aromatic heterocycles. The predicted octanol–water partition coefficient (Wildman–Crippen LogP) is 3.82. The summed E-state index contributed by atoms with van der Waals surface area (Å²) in [5, 5.41) is 5.89. The van der Waals surface area contributed by atoms with Crippen molar-refractivity contribution in [2.24, 2.45) is 0 Å². The third-order valence-electron chi connectivity index (χ3n) is 3.88. The van der Waals surface area contributed by atoms with Crippen LogP contribution >= 0.6 is 11.6 Å². The van der Waals surface area contributed by atoms with E-state index in [1.165, 1.54) is 7.05 Å². The van der Waals surface area contributed by atoms with Crippen molar-refractivity contribution in [3.63, 3.8) is 0 Å². The summed E-state index contributed by atoms with van der Waals surface area (Å²) in [6.45, 7) is 0. The number of halogens is 1. The highest BCUT2D eigenvalue weighted by Crippen LogP contribution is 2.24. The molecule has 0 aliphatic rings. The Morgan fingerprint density at radius 3 is 2.31 bits per heavy atom. The Morgan fingerprint density at radius 1 is 0.962 bits per heavy atom. The second kappa shape index (κ2) is 7.89. The molecule has 0 aliphatic carbocycles. The normalized spacial score (nSPS) is 11.6. The van der Waals surface area contributed by atoms with E-state index in [2.05, 4.69) is 10.6 Å². The zero-order chi connectivity index (χ0) is 18.5. The van der Waals surface area contributed by atoms with E-state index in [1.54, 1.807) is 48.5 Å². The van der Waals surface area contributed by atoms with Crippen LogP contribution in [0.1, 0.15) is 22.2 Å². The topological polar surface area (TPSA) is 71.3 Å². The third kappa shape index (κ3) is 3.95. The zero-order valence-electron chi connectivity index (χ0n) is 14.0. The lowest BCUT2D eigenvalue weighted by atomic mass is 10.1. The molecule has 3 rings (SSSR count). The summed E-state index contributed by atoms with van der Waals surface area (Å²) in [6, 6.07) is 18.6. The van der Waals surface area contributed by atoms with Crippen molar-refractivity contribution in [1.29, 1.82) is 0 Å². The van der Waals surface area contributed by atoms with Gasteiger partial charge in [0.25, 0.3) is 5.91 Å². The molecule has 0 saturated carbocycles. The van der Waals surface area contributed by atoms with Crippen molar-refractivity contribution in [1.82, 2.24) is 10.6 Å². The number of carbonyl (C=O) groups excluding carboxylic acids is 2. The monoisotopic (exact) mass is 368 g/mol. The molecule has 3 aromatic rings. The highest BCUT2D eigenvalue weighted by atomic mass is 35.5. The lowest BCUT2D eigenvalue weighted by Gasteiger charge is -2.17. The lowest BCUT2D eigenvalue weighted by molar-refractivity contribution is -0.122. The zero-order valence-corrected chi connectivity index (χ0v) is 14.8. The molecule has 0 fully saturated rings. The molecule has 0 spiro atoms. The first-order valence-corrected chi connectivity index (χ1v) is 8.39. The number of rotatable bonds is 5. The maximum Gasteiger partial charge on any atom is 0.287 e. The molecule has 5 nitrogen and oxygen atoms in total. The van der Waals surface area contributed by atoms with Gasteiger partial charge in [0.1, 0.15) is 11.8 Å². The van der Waals surface area contributed by atoms with E-state index in [0.29, 0.717) is 16.3 Å². The van der Waals surface area contributed by atoms with Gasteiger partial charge in [-0.15, -0.1) is 0 Å². The molecule has 0 bridgehead atoms. The van der Waals surface area contributed by atoms with Crippen molar-refractivity contribution >= 4 is 23.4 Å². The molecule has 1 atom stereocenters. The quantitative estimate of drug-likeness (QED) is 0.719. The van der Waals surface area contributed by atoms with Gasteiger partial charge < -0.3 is 15.1 Å². The second-order valence-electron chi connectivity index (χ2n) is 5.60. The highest BCUT2D eigenvalue weighted by molar-refractivity contribution is 6.30. The minimum atomic E-state index is -0.808. The second-order valence-corrected chi connectivity index (χ2v) is 6.04. The van der Waals surface area contributed by atoms with Gasteiger partial charge in [-0.25, -0.2) is 0 Å². The Morgan fingerprint density at radius 2 is 1.65 bits per heavy atom. The summed E-state index contributed by atoms with van der Waals surface area (Å²) >= 11 is 5.88. The summed E-state index contributed by atoms with van der Waals surface area (Å²) in [5.74, 6) is -0.112. The van der Waals surface area contributed by atoms with E-state index in [0.717, 1.165) is 5.56 Å². The maximum atomic E-state index is 12.5. The summed E-state index contributed by atoms with van der Waals surface area (Å²) in [4.78, 5) is 24.7. The molecule has 0 radical (unpaired) electrons. The summed E-state index contributed by atoms with van der Waals surface area (Å²) in [5.41, 5.74) is 1.49.